The number of rotatable bonds is 1. The summed E-state index contributed by atoms with van der Waals surface area (Å²) in [4.78, 5) is 11.6. The molecule has 24 heavy (non-hydrogen) atoms. The van der Waals surface area contributed by atoms with Crippen LogP contribution in [0.1, 0.15) is 34.6 Å². The van der Waals surface area contributed by atoms with Crippen LogP contribution in [0.3, 0.4) is 0 Å². The Morgan fingerprint density at radius 2 is 1.75 bits per heavy atom. The molecule has 138 valence electrons. The molecule has 10 heteroatoms. The minimum atomic E-state index is -5.64. The minimum absolute atomic E-state index is 0.233. The molecule has 5 nitrogen and oxygen atoms in total. The number of carbonyl (C=O) groups excluding carboxylic acids is 1. The van der Waals surface area contributed by atoms with Crippen molar-refractivity contribution in [2.75, 3.05) is 0 Å². The van der Waals surface area contributed by atoms with Gasteiger partial charge in [0.25, 0.3) is 0 Å². The van der Waals surface area contributed by atoms with Gasteiger partial charge in [0.1, 0.15) is 0 Å². The fourth-order valence-corrected chi connectivity index (χ4v) is 6.23. The molecule has 2 aliphatic rings. The maximum Gasteiger partial charge on any atom is 0.516 e. The van der Waals surface area contributed by atoms with Crippen LogP contribution in [-0.2, 0) is 19.6 Å². The fourth-order valence-electron chi connectivity index (χ4n) is 3.08. The van der Waals surface area contributed by atoms with Gasteiger partial charge >= 0.3 is 21.5 Å². The van der Waals surface area contributed by atoms with E-state index in [1.807, 2.05) is 0 Å². The molecule has 1 fully saturated rings. The third kappa shape index (κ3) is 2.40. The molecule has 0 amide bonds. The van der Waals surface area contributed by atoms with Crippen LogP contribution >= 0.6 is 15.9 Å². The van der Waals surface area contributed by atoms with Crippen molar-refractivity contribution in [2.24, 2.45) is 10.8 Å². The van der Waals surface area contributed by atoms with Crippen molar-refractivity contribution in [1.82, 2.24) is 4.31 Å². The van der Waals surface area contributed by atoms with Crippen LogP contribution in [0.5, 0.6) is 0 Å². The van der Waals surface area contributed by atoms with Crippen LogP contribution in [0.25, 0.3) is 0 Å². The highest BCUT2D eigenvalue weighted by Gasteiger charge is 2.67. The largest absolute Gasteiger partial charge is 0.516 e. The lowest BCUT2D eigenvalue weighted by Crippen LogP contribution is -2.72. The fraction of sp³-hybridized carbons (Fsp3) is 0.786. The van der Waals surface area contributed by atoms with Gasteiger partial charge in [-0.25, -0.2) is 0 Å². The Bertz CT molecular complexity index is 696. The van der Waals surface area contributed by atoms with E-state index in [0.29, 0.717) is 0 Å². The van der Waals surface area contributed by atoms with Crippen LogP contribution in [0.2, 0.25) is 0 Å². The molecule has 0 saturated carbocycles. The van der Waals surface area contributed by atoms with Crippen LogP contribution in [0.4, 0.5) is 13.2 Å². The van der Waals surface area contributed by atoms with Crippen LogP contribution in [0, 0.1) is 10.8 Å². The molecule has 2 aliphatic heterocycles. The highest BCUT2D eigenvalue weighted by atomic mass is 79.9. The van der Waals surface area contributed by atoms with E-state index in [2.05, 4.69) is 15.9 Å². The monoisotopic (exact) mass is 433 g/mol. The average Bonchev–Trinajstić information content (AvgIpc) is 2.35. The molecule has 0 spiro atoms. The summed E-state index contributed by atoms with van der Waals surface area (Å²) in [5.74, 6) is -0.746. The lowest BCUT2D eigenvalue weighted by Gasteiger charge is -2.58. The molecule has 3 atom stereocenters. The summed E-state index contributed by atoms with van der Waals surface area (Å²) in [6, 6.07) is -1.28. The van der Waals surface area contributed by atoms with Crippen molar-refractivity contribution in [1.29, 1.82) is 0 Å². The molecule has 0 aromatic heterocycles. The summed E-state index contributed by atoms with van der Waals surface area (Å²) in [6.07, 6.45) is 2.09. The highest BCUT2D eigenvalue weighted by Crippen LogP contribution is 2.55. The van der Waals surface area contributed by atoms with Gasteiger partial charge < -0.3 is 4.74 Å². The van der Waals surface area contributed by atoms with E-state index in [1.54, 1.807) is 20.8 Å². The number of nitrogens with zero attached hydrogens (tertiary/aromatic N) is 1. The average molecular weight is 434 g/mol. The molecule has 1 saturated heterocycles. The first-order chi connectivity index (χ1) is 10.5. The first kappa shape index (κ1) is 19.6. The minimum Gasteiger partial charge on any atom is -0.452 e. The number of halogens is 4. The first-order valence-electron chi connectivity index (χ1n) is 7.17. The van der Waals surface area contributed by atoms with Gasteiger partial charge in [0.05, 0.1) is 16.3 Å². The Balaban J connectivity index is 2.74. The highest BCUT2D eigenvalue weighted by molar-refractivity contribution is 9.09. The second-order valence-electron chi connectivity index (χ2n) is 7.60. The van der Waals surface area contributed by atoms with Crippen molar-refractivity contribution in [3.63, 3.8) is 0 Å². The lowest BCUT2D eigenvalue weighted by atomic mass is 9.65. The summed E-state index contributed by atoms with van der Waals surface area (Å²) in [7, 11) is -5.64. The van der Waals surface area contributed by atoms with Crippen molar-refractivity contribution in [2.45, 2.75) is 56.6 Å². The summed E-state index contributed by atoms with van der Waals surface area (Å²) >= 11 is 3.33. The number of hydrogen-bond donors (Lipinski definition) is 0. The van der Waals surface area contributed by atoms with E-state index >= 15 is 0 Å². The topological polar surface area (TPSA) is 63.7 Å². The zero-order chi connectivity index (χ0) is 18.9. The third-order valence-corrected chi connectivity index (χ3v) is 7.37. The van der Waals surface area contributed by atoms with Gasteiger partial charge in [0.15, 0.2) is 5.60 Å². The van der Waals surface area contributed by atoms with Crippen molar-refractivity contribution in [3.8, 4) is 0 Å². The second kappa shape index (κ2) is 5.12. The number of hydrogen-bond acceptors (Lipinski definition) is 4. The number of esters is 1. The van der Waals surface area contributed by atoms with E-state index < -0.39 is 48.8 Å². The van der Waals surface area contributed by atoms with Gasteiger partial charge in [0.2, 0.25) is 0 Å². The smallest absolute Gasteiger partial charge is 0.452 e. The molecule has 2 bridgehead atoms. The molecule has 2 rings (SSSR count). The van der Waals surface area contributed by atoms with Gasteiger partial charge in [-0.1, -0.05) is 36.7 Å². The number of alkyl halides is 4. The van der Waals surface area contributed by atoms with Crippen molar-refractivity contribution >= 4 is 31.9 Å². The molecule has 0 N–H and O–H groups in total. The van der Waals surface area contributed by atoms with E-state index in [1.165, 1.54) is 19.9 Å². The summed E-state index contributed by atoms with van der Waals surface area (Å²) < 4.78 is 69.0. The Morgan fingerprint density at radius 3 is 2.17 bits per heavy atom. The number of sulfonamides is 1. The van der Waals surface area contributed by atoms with Gasteiger partial charge in [-0.05, 0) is 19.9 Å². The van der Waals surface area contributed by atoms with Crippen molar-refractivity contribution in [3.05, 3.63) is 12.3 Å². The quantitative estimate of drug-likeness (QED) is 0.470. The van der Waals surface area contributed by atoms with Gasteiger partial charge in [-0.3, -0.25) is 9.10 Å². The second-order valence-corrected chi connectivity index (χ2v) is 10.4. The first-order valence-corrected chi connectivity index (χ1v) is 9.52. The Morgan fingerprint density at radius 1 is 1.25 bits per heavy atom. The van der Waals surface area contributed by atoms with Crippen molar-refractivity contribution < 1.29 is 31.1 Å². The molecule has 0 aliphatic carbocycles. The Labute approximate surface area is 147 Å². The summed E-state index contributed by atoms with van der Waals surface area (Å²) in [5.41, 5.74) is -8.87. The number of ether oxygens (including phenoxy) is 1. The zero-order valence-corrected chi connectivity index (χ0v) is 16.2. The van der Waals surface area contributed by atoms with E-state index in [-0.39, 0.29) is 4.31 Å². The van der Waals surface area contributed by atoms with Crippen LogP contribution in [-0.4, -0.2) is 40.7 Å². The normalized spacial score (nSPS) is 33.4. The predicted octanol–water partition coefficient (Wildman–Crippen LogP) is 3.17. The Kier molecular flexibility index (Phi) is 4.17. The number of fused-ring (bicyclic) bond motifs is 2. The maximum absolute atomic E-state index is 13.1. The Hall–Kier alpha value is -0.770. The summed E-state index contributed by atoms with van der Waals surface area (Å²) in [5, 5.41) is 0. The van der Waals surface area contributed by atoms with Gasteiger partial charge in [-0.2, -0.15) is 21.6 Å². The SMILES string of the molecule is CC1(C)C(=O)O[C@@]2(C(C)(C)C)C=CN(S(=O)(=O)C(F)(F)F)[C@@H]1[C@@H]2Br. The number of carbonyl (C=O) groups is 1. The molecule has 2 heterocycles. The zero-order valence-electron chi connectivity index (χ0n) is 13.8. The van der Waals surface area contributed by atoms with Crippen LogP contribution < -0.4 is 0 Å². The standard InChI is InChI=1S/C14H19BrF3NO4S/c1-11(2,3)13-6-7-19(24(21,22)14(16,17)18)9(8(13)15)12(4,5)10(20)23-13/h6-9H,1-5H3/t8-,9+,13-/m0/s1. The lowest BCUT2D eigenvalue weighted by molar-refractivity contribution is -0.196. The van der Waals surface area contributed by atoms with E-state index in [9.17, 15) is 26.4 Å². The molecule has 0 aromatic rings. The maximum atomic E-state index is 13.1. The molecule has 0 radical (unpaired) electrons. The predicted molar refractivity (Wildman–Crippen MR) is 84.5 cm³/mol. The van der Waals surface area contributed by atoms with Crippen LogP contribution in [0.15, 0.2) is 12.3 Å². The van der Waals surface area contributed by atoms with Gasteiger partial charge in [0, 0.05) is 11.6 Å². The van der Waals surface area contributed by atoms with E-state index in [0.717, 1.165) is 6.20 Å². The van der Waals surface area contributed by atoms with Gasteiger partial charge in [-0.15, -0.1) is 0 Å². The molecule has 0 aromatic carbocycles. The molecular formula is C14H19BrF3NO4S. The van der Waals surface area contributed by atoms with E-state index in [4.69, 9.17) is 4.74 Å². The third-order valence-electron chi connectivity index (χ3n) is 4.70. The summed E-state index contributed by atoms with van der Waals surface area (Å²) in [6.45, 7) is 8.05. The molecule has 0 unspecified atom stereocenters. The molecular weight excluding hydrogens is 415 g/mol.